The molecule has 18 heavy (non-hydrogen) atoms. The SMILES string of the molecule is CCOCCN(C)Cc1ccc(OC)c(CN)c1. The third-order valence-corrected chi connectivity index (χ3v) is 2.84. The van der Waals surface area contributed by atoms with Crippen LogP contribution in [0.15, 0.2) is 18.2 Å². The van der Waals surface area contributed by atoms with Crippen LogP contribution in [0.1, 0.15) is 18.1 Å². The number of rotatable bonds is 8. The molecule has 4 nitrogen and oxygen atoms in total. The van der Waals surface area contributed by atoms with Gasteiger partial charge in [0.25, 0.3) is 0 Å². The Morgan fingerprint density at radius 1 is 1.33 bits per heavy atom. The Bertz CT molecular complexity index is 356. The lowest BCUT2D eigenvalue weighted by Crippen LogP contribution is -2.22. The van der Waals surface area contributed by atoms with Crippen LogP contribution in [0.4, 0.5) is 0 Å². The van der Waals surface area contributed by atoms with E-state index in [2.05, 4.69) is 24.1 Å². The highest BCUT2D eigenvalue weighted by Gasteiger charge is 2.05. The molecule has 0 fully saturated rings. The van der Waals surface area contributed by atoms with Crippen LogP contribution in [-0.2, 0) is 17.8 Å². The second-order valence-corrected chi connectivity index (χ2v) is 4.29. The van der Waals surface area contributed by atoms with Crippen molar-refractivity contribution in [2.45, 2.75) is 20.0 Å². The topological polar surface area (TPSA) is 47.7 Å². The molecule has 0 atom stereocenters. The van der Waals surface area contributed by atoms with Gasteiger partial charge in [-0.15, -0.1) is 0 Å². The first-order chi connectivity index (χ1) is 8.71. The summed E-state index contributed by atoms with van der Waals surface area (Å²) in [4.78, 5) is 2.23. The summed E-state index contributed by atoms with van der Waals surface area (Å²) in [6, 6.07) is 6.17. The lowest BCUT2D eigenvalue weighted by molar-refractivity contribution is 0.120. The summed E-state index contributed by atoms with van der Waals surface area (Å²) in [5.41, 5.74) is 8.01. The van der Waals surface area contributed by atoms with Crippen molar-refractivity contribution >= 4 is 0 Å². The Labute approximate surface area is 110 Å². The molecule has 0 radical (unpaired) electrons. The molecule has 0 spiro atoms. The average molecular weight is 252 g/mol. The molecule has 0 aliphatic carbocycles. The lowest BCUT2D eigenvalue weighted by atomic mass is 10.1. The van der Waals surface area contributed by atoms with Crippen LogP contribution in [0.25, 0.3) is 0 Å². The van der Waals surface area contributed by atoms with Gasteiger partial charge in [-0.3, -0.25) is 4.90 Å². The number of nitrogens with two attached hydrogens (primary N) is 1. The van der Waals surface area contributed by atoms with Crippen molar-refractivity contribution < 1.29 is 9.47 Å². The van der Waals surface area contributed by atoms with E-state index in [1.165, 1.54) is 5.56 Å². The minimum atomic E-state index is 0.500. The number of benzene rings is 1. The molecule has 0 aliphatic heterocycles. The van der Waals surface area contributed by atoms with E-state index >= 15 is 0 Å². The quantitative estimate of drug-likeness (QED) is 0.714. The molecule has 0 unspecified atom stereocenters. The van der Waals surface area contributed by atoms with E-state index in [9.17, 15) is 0 Å². The van der Waals surface area contributed by atoms with Gasteiger partial charge in [0.2, 0.25) is 0 Å². The molecule has 1 aromatic carbocycles. The van der Waals surface area contributed by atoms with Gasteiger partial charge in [-0.05, 0) is 31.7 Å². The number of ether oxygens (including phenoxy) is 2. The lowest BCUT2D eigenvalue weighted by Gasteiger charge is -2.17. The van der Waals surface area contributed by atoms with Gasteiger partial charge >= 0.3 is 0 Å². The van der Waals surface area contributed by atoms with Crippen molar-refractivity contribution in [1.82, 2.24) is 4.90 Å². The van der Waals surface area contributed by atoms with Crippen LogP contribution in [-0.4, -0.2) is 38.8 Å². The maximum Gasteiger partial charge on any atom is 0.123 e. The first-order valence-corrected chi connectivity index (χ1v) is 6.33. The van der Waals surface area contributed by atoms with Gasteiger partial charge in [0.1, 0.15) is 5.75 Å². The maximum atomic E-state index is 5.71. The molecule has 0 aliphatic rings. The third-order valence-electron chi connectivity index (χ3n) is 2.84. The molecular weight excluding hydrogens is 228 g/mol. The monoisotopic (exact) mass is 252 g/mol. The number of hydrogen-bond donors (Lipinski definition) is 1. The van der Waals surface area contributed by atoms with Crippen LogP contribution in [0, 0.1) is 0 Å². The number of methoxy groups -OCH3 is 1. The standard InChI is InChI=1S/C14H24N2O2/c1-4-18-8-7-16(2)11-12-5-6-14(17-3)13(9-12)10-15/h5-6,9H,4,7-8,10-11,15H2,1-3H3. The van der Waals surface area contributed by atoms with Crippen LogP contribution >= 0.6 is 0 Å². The second kappa shape index (κ2) is 8.08. The van der Waals surface area contributed by atoms with Crippen molar-refractivity contribution in [3.05, 3.63) is 29.3 Å². The number of nitrogens with zero attached hydrogens (tertiary/aromatic N) is 1. The molecule has 0 heterocycles. The fraction of sp³-hybridized carbons (Fsp3) is 0.571. The Hall–Kier alpha value is -1.10. The van der Waals surface area contributed by atoms with Gasteiger partial charge in [0, 0.05) is 31.8 Å². The van der Waals surface area contributed by atoms with E-state index in [1.807, 2.05) is 13.0 Å². The summed E-state index contributed by atoms with van der Waals surface area (Å²) in [6.45, 7) is 5.87. The fourth-order valence-corrected chi connectivity index (χ4v) is 1.85. The summed E-state index contributed by atoms with van der Waals surface area (Å²) >= 11 is 0. The third kappa shape index (κ3) is 4.64. The van der Waals surface area contributed by atoms with Crippen LogP contribution < -0.4 is 10.5 Å². The predicted octanol–water partition coefficient (Wildman–Crippen LogP) is 1.62. The summed E-state index contributed by atoms with van der Waals surface area (Å²) in [6.07, 6.45) is 0. The Kier molecular flexibility index (Phi) is 6.72. The summed E-state index contributed by atoms with van der Waals surface area (Å²) in [7, 11) is 3.76. The zero-order chi connectivity index (χ0) is 13.4. The van der Waals surface area contributed by atoms with Crippen molar-refractivity contribution in [2.75, 3.05) is 33.9 Å². The van der Waals surface area contributed by atoms with Gasteiger partial charge < -0.3 is 15.2 Å². The van der Waals surface area contributed by atoms with Gasteiger partial charge in [-0.2, -0.15) is 0 Å². The highest BCUT2D eigenvalue weighted by atomic mass is 16.5. The molecule has 2 N–H and O–H groups in total. The van der Waals surface area contributed by atoms with Crippen LogP contribution in [0.2, 0.25) is 0 Å². The first-order valence-electron chi connectivity index (χ1n) is 6.33. The Morgan fingerprint density at radius 2 is 2.11 bits per heavy atom. The van der Waals surface area contributed by atoms with Gasteiger partial charge in [0.05, 0.1) is 13.7 Å². The molecule has 0 aromatic heterocycles. The van der Waals surface area contributed by atoms with Crippen molar-refractivity contribution in [2.24, 2.45) is 5.73 Å². The van der Waals surface area contributed by atoms with E-state index in [-0.39, 0.29) is 0 Å². The Morgan fingerprint density at radius 3 is 2.72 bits per heavy atom. The van der Waals surface area contributed by atoms with Crippen molar-refractivity contribution in [1.29, 1.82) is 0 Å². The highest BCUT2D eigenvalue weighted by molar-refractivity contribution is 5.37. The predicted molar refractivity (Wildman–Crippen MR) is 73.7 cm³/mol. The average Bonchev–Trinajstić information content (AvgIpc) is 2.39. The van der Waals surface area contributed by atoms with E-state index in [1.54, 1.807) is 7.11 Å². The molecule has 0 amide bonds. The highest BCUT2D eigenvalue weighted by Crippen LogP contribution is 2.19. The van der Waals surface area contributed by atoms with E-state index in [0.717, 1.165) is 37.6 Å². The maximum absolute atomic E-state index is 5.71. The molecule has 0 bridgehead atoms. The summed E-state index contributed by atoms with van der Waals surface area (Å²) in [5, 5.41) is 0. The number of likely N-dealkylation sites (N-methyl/N-ethyl adjacent to an activating group) is 1. The van der Waals surface area contributed by atoms with Crippen LogP contribution in [0.3, 0.4) is 0 Å². The largest absolute Gasteiger partial charge is 0.496 e. The van der Waals surface area contributed by atoms with Gasteiger partial charge in [-0.25, -0.2) is 0 Å². The van der Waals surface area contributed by atoms with E-state index in [4.69, 9.17) is 15.2 Å². The molecule has 4 heteroatoms. The first kappa shape index (κ1) is 15.0. The summed E-state index contributed by atoms with van der Waals surface area (Å²) in [5.74, 6) is 0.859. The smallest absolute Gasteiger partial charge is 0.123 e. The Balaban J connectivity index is 2.56. The summed E-state index contributed by atoms with van der Waals surface area (Å²) < 4.78 is 10.6. The minimum absolute atomic E-state index is 0.500. The zero-order valence-electron chi connectivity index (χ0n) is 11.6. The van der Waals surface area contributed by atoms with E-state index < -0.39 is 0 Å². The van der Waals surface area contributed by atoms with Gasteiger partial charge in [0.15, 0.2) is 0 Å². The molecule has 1 aromatic rings. The second-order valence-electron chi connectivity index (χ2n) is 4.29. The van der Waals surface area contributed by atoms with Crippen molar-refractivity contribution in [3.8, 4) is 5.75 Å². The zero-order valence-corrected chi connectivity index (χ0v) is 11.6. The number of hydrogen-bond acceptors (Lipinski definition) is 4. The fourth-order valence-electron chi connectivity index (χ4n) is 1.85. The van der Waals surface area contributed by atoms with Crippen LogP contribution in [0.5, 0.6) is 5.75 Å². The minimum Gasteiger partial charge on any atom is -0.496 e. The van der Waals surface area contributed by atoms with E-state index in [0.29, 0.717) is 6.54 Å². The van der Waals surface area contributed by atoms with Crippen molar-refractivity contribution in [3.63, 3.8) is 0 Å². The molecule has 1 rings (SSSR count). The molecule has 102 valence electrons. The molecule has 0 saturated carbocycles. The van der Waals surface area contributed by atoms with Gasteiger partial charge in [-0.1, -0.05) is 6.07 Å². The molecular formula is C14H24N2O2. The normalized spacial score (nSPS) is 10.9. The molecule has 0 saturated heterocycles.